The SMILES string of the molecule is C/C=C\C=C/C(C)c1cc(Cl)cc(Br)c1. The summed E-state index contributed by atoms with van der Waals surface area (Å²) in [7, 11) is 0. The number of rotatable bonds is 3. The molecule has 1 atom stereocenters. The first-order valence-corrected chi connectivity index (χ1v) is 6.06. The molecule has 1 aromatic rings. The lowest BCUT2D eigenvalue weighted by atomic mass is 10.0. The molecule has 0 spiro atoms. The molecule has 1 rings (SSSR count). The van der Waals surface area contributed by atoms with E-state index in [9.17, 15) is 0 Å². The fourth-order valence-corrected chi connectivity index (χ4v) is 2.18. The van der Waals surface area contributed by atoms with Gasteiger partial charge in [0.2, 0.25) is 0 Å². The lowest BCUT2D eigenvalue weighted by Crippen LogP contribution is -1.88. The van der Waals surface area contributed by atoms with E-state index in [0.29, 0.717) is 5.92 Å². The van der Waals surface area contributed by atoms with Gasteiger partial charge in [-0.15, -0.1) is 0 Å². The number of hydrogen-bond donors (Lipinski definition) is 0. The van der Waals surface area contributed by atoms with E-state index in [1.165, 1.54) is 5.56 Å². The van der Waals surface area contributed by atoms with Crippen molar-refractivity contribution < 1.29 is 0 Å². The molecule has 0 amide bonds. The van der Waals surface area contributed by atoms with Crippen LogP contribution in [-0.4, -0.2) is 0 Å². The molecule has 0 radical (unpaired) electrons. The van der Waals surface area contributed by atoms with Gasteiger partial charge in [-0.1, -0.05) is 58.8 Å². The van der Waals surface area contributed by atoms with Crippen molar-refractivity contribution in [3.8, 4) is 0 Å². The van der Waals surface area contributed by atoms with Crippen molar-refractivity contribution in [2.24, 2.45) is 0 Å². The zero-order valence-electron chi connectivity index (χ0n) is 8.87. The quantitative estimate of drug-likeness (QED) is 0.658. The standard InChI is InChI=1S/C13H14BrCl/c1-3-4-5-6-10(2)11-7-12(14)9-13(15)8-11/h3-10H,1-2H3/b4-3-,6-5-. The Bertz CT molecular complexity index is 360. The van der Waals surface area contributed by atoms with Crippen LogP contribution in [0.25, 0.3) is 0 Å². The first-order valence-electron chi connectivity index (χ1n) is 4.89. The molecule has 2 heteroatoms. The topological polar surface area (TPSA) is 0 Å². The maximum absolute atomic E-state index is 5.99. The molecule has 15 heavy (non-hydrogen) atoms. The molecule has 1 unspecified atom stereocenters. The van der Waals surface area contributed by atoms with Gasteiger partial charge in [-0.25, -0.2) is 0 Å². The normalized spacial score (nSPS) is 13.9. The van der Waals surface area contributed by atoms with E-state index in [2.05, 4.69) is 41.1 Å². The first kappa shape index (κ1) is 12.5. The Labute approximate surface area is 105 Å². The minimum absolute atomic E-state index is 0.371. The minimum atomic E-state index is 0.371. The van der Waals surface area contributed by atoms with Crippen LogP contribution in [0, 0.1) is 0 Å². The number of benzene rings is 1. The van der Waals surface area contributed by atoms with Gasteiger partial charge in [0, 0.05) is 9.50 Å². The van der Waals surface area contributed by atoms with Crippen molar-refractivity contribution in [1.82, 2.24) is 0 Å². The summed E-state index contributed by atoms with van der Waals surface area (Å²) in [4.78, 5) is 0. The van der Waals surface area contributed by atoms with E-state index in [1.54, 1.807) is 0 Å². The van der Waals surface area contributed by atoms with Crippen LogP contribution in [0.2, 0.25) is 5.02 Å². The number of allylic oxidation sites excluding steroid dienone is 4. The van der Waals surface area contributed by atoms with Crippen molar-refractivity contribution >= 4 is 27.5 Å². The Balaban J connectivity index is 2.86. The van der Waals surface area contributed by atoms with Crippen molar-refractivity contribution in [1.29, 1.82) is 0 Å². The van der Waals surface area contributed by atoms with E-state index in [0.717, 1.165) is 9.50 Å². The maximum atomic E-state index is 5.99. The van der Waals surface area contributed by atoms with Gasteiger partial charge in [0.15, 0.2) is 0 Å². The molecule has 0 aliphatic carbocycles. The second-order valence-corrected chi connectivity index (χ2v) is 4.75. The molecule has 0 saturated heterocycles. The Hall–Kier alpha value is -0.530. The summed E-state index contributed by atoms with van der Waals surface area (Å²) in [6, 6.07) is 5.99. The predicted octanol–water partition coefficient (Wildman–Crippen LogP) is 5.34. The molecular weight excluding hydrogens is 272 g/mol. The number of halogens is 2. The van der Waals surface area contributed by atoms with Crippen molar-refractivity contribution in [2.75, 3.05) is 0 Å². The lowest BCUT2D eigenvalue weighted by Gasteiger charge is -2.07. The van der Waals surface area contributed by atoms with Gasteiger partial charge < -0.3 is 0 Å². The summed E-state index contributed by atoms with van der Waals surface area (Å²) < 4.78 is 1.02. The smallest absolute Gasteiger partial charge is 0.0420 e. The second-order valence-electron chi connectivity index (χ2n) is 3.40. The molecule has 0 aromatic heterocycles. The third-order valence-electron chi connectivity index (χ3n) is 2.11. The fraction of sp³-hybridized carbons (Fsp3) is 0.231. The zero-order valence-corrected chi connectivity index (χ0v) is 11.2. The van der Waals surface area contributed by atoms with Crippen molar-refractivity contribution in [2.45, 2.75) is 19.8 Å². The second kappa shape index (κ2) is 6.14. The van der Waals surface area contributed by atoms with Crippen LogP contribution in [0.15, 0.2) is 47.0 Å². The monoisotopic (exact) mass is 284 g/mol. The molecule has 0 aliphatic rings. The molecule has 0 aliphatic heterocycles. The average molecular weight is 286 g/mol. The Morgan fingerprint density at radius 1 is 1.27 bits per heavy atom. The summed E-state index contributed by atoms with van der Waals surface area (Å²) >= 11 is 9.43. The third-order valence-corrected chi connectivity index (χ3v) is 2.79. The van der Waals surface area contributed by atoms with Gasteiger partial charge in [0.25, 0.3) is 0 Å². The fourth-order valence-electron chi connectivity index (χ4n) is 1.29. The summed E-state index contributed by atoms with van der Waals surface area (Å²) in [5, 5.41) is 0.769. The summed E-state index contributed by atoms with van der Waals surface area (Å²) in [5.41, 5.74) is 1.22. The van der Waals surface area contributed by atoms with Gasteiger partial charge >= 0.3 is 0 Å². The van der Waals surface area contributed by atoms with E-state index < -0.39 is 0 Å². The van der Waals surface area contributed by atoms with Crippen LogP contribution in [0.3, 0.4) is 0 Å². The van der Waals surface area contributed by atoms with Gasteiger partial charge in [-0.3, -0.25) is 0 Å². The largest absolute Gasteiger partial charge is 0.0877 e. The highest BCUT2D eigenvalue weighted by molar-refractivity contribution is 9.10. The highest BCUT2D eigenvalue weighted by Crippen LogP contribution is 2.25. The van der Waals surface area contributed by atoms with E-state index in [1.807, 2.05) is 31.2 Å². The minimum Gasteiger partial charge on any atom is -0.0877 e. The van der Waals surface area contributed by atoms with Gasteiger partial charge in [0.05, 0.1) is 0 Å². The van der Waals surface area contributed by atoms with Crippen LogP contribution >= 0.6 is 27.5 Å². The van der Waals surface area contributed by atoms with Crippen molar-refractivity contribution in [3.63, 3.8) is 0 Å². The third kappa shape index (κ3) is 4.23. The highest BCUT2D eigenvalue weighted by Gasteiger charge is 2.03. The number of hydrogen-bond acceptors (Lipinski definition) is 0. The van der Waals surface area contributed by atoms with E-state index in [-0.39, 0.29) is 0 Å². The summed E-state index contributed by atoms with van der Waals surface area (Å²) in [6.07, 6.45) is 8.24. The molecule has 80 valence electrons. The van der Waals surface area contributed by atoms with Crippen LogP contribution < -0.4 is 0 Å². The maximum Gasteiger partial charge on any atom is 0.0420 e. The Morgan fingerprint density at radius 3 is 2.60 bits per heavy atom. The molecule has 0 N–H and O–H groups in total. The zero-order chi connectivity index (χ0) is 11.3. The molecule has 1 aromatic carbocycles. The predicted molar refractivity (Wildman–Crippen MR) is 71.5 cm³/mol. The molecular formula is C13H14BrCl. The average Bonchev–Trinajstić information content (AvgIpc) is 2.16. The van der Waals surface area contributed by atoms with E-state index in [4.69, 9.17) is 11.6 Å². The molecule has 0 saturated carbocycles. The van der Waals surface area contributed by atoms with Gasteiger partial charge in [-0.2, -0.15) is 0 Å². The van der Waals surface area contributed by atoms with E-state index >= 15 is 0 Å². The summed E-state index contributed by atoms with van der Waals surface area (Å²) in [5.74, 6) is 0.371. The Kier molecular flexibility index (Phi) is 5.13. The van der Waals surface area contributed by atoms with Crippen molar-refractivity contribution in [3.05, 3.63) is 57.6 Å². The molecule has 0 heterocycles. The Morgan fingerprint density at radius 2 is 2.00 bits per heavy atom. The van der Waals surface area contributed by atoms with Crippen LogP contribution in [-0.2, 0) is 0 Å². The highest BCUT2D eigenvalue weighted by atomic mass is 79.9. The van der Waals surface area contributed by atoms with Crippen LogP contribution in [0.5, 0.6) is 0 Å². The summed E-state index contributed by atoms with van der Waals surface area (Å²) in [6.45, 7) is 4.16. The first-order chi connectivity index (χ1) is 7.13. The molecule has 0 fully saturated rings. The van der Waals surface area contributed by atoms with Crippen LogP contribution in [0.1, 0.15) is 25.3 Å². The van der Waals surface area contributed by atoms with Gasteiger partial charge in [0.1, 0.15) is 0 Å². The van der Waals surface area contributed by atoms with Gasteiger partial charge in [-0.05, 0) is 36.6 Å². The lowest BCUT2D eigenvalue weighted by molar-refractivity contribution is 0.966. The molecule has 0 nitrogen and oxygen atoms in total. The van der Waals surface area contributed by atoms with Crippen LogP contribution in [0.4, 0.5) is 0 Å². The molecule has 0 bridgehead atoms.